The largest absolute Gasteiger partial charge is 0.381 e. The summed E-state index contributed by atoms with van der Waals surface area (Å²) in [5.41, 5.74) is 8.21. The van der Waals surface area contributed by atoms with E-state index >= 15 is 0 Å². The van der Waals surface area contributed by atoms with E-state index in [0.29, 0.717) is 38.9 Å². The van der Waals surface area contributed by atoms with Crippen LogP contribution < -0.4 is 21.7 Å². The van der Waals surface area contributed by atoms with E-state index in [9.17, 15) is 18.0 Å². The molecule has 6 aromatic rings. The first-order chi connectivity index (χ1) is 21.1. The van der Waals surface area contributed by atoms with Gasteiger partial charge >= 0.3 is 0 Å². The van der Waals surface area contributed by atoms with Crippen LogP contribution in [0.4, 0.5) is 5.82 Å². The van der Waals surface area contributed by atoms with Gasteiger partial charge in [0.15, 0.2) is 17.3 Å². The van der Waals surface area contributed by atoms with Crippen LogP contribution in [0, 0.1) is 11.8 Å². The molecule has 220 valence electrons. The third-order valence-electron chi connectivity index (χ3n) is 6.82. The highest BCUT2D eigenvalue weighted by Crippen LogP contribution is 2.24. The Labute approximate surface area is 250 Å². The van der Waals surface area contributed by atoms with Crippen LogP contribution in [0.2, 0.25) is 0 Å². The molecule has 1 amide bonds. The van der Waals surface area contributed by atoms with Crippen molar-refractivity contribution in [3.05, 3.63) is 118 Å². The van der Waals surface area contributed by atoms with Crippen molar-refractivity contribution in [3.63, 3.8) is 0 Å². The molecule has 0 aliphatic heterocycles. The SMILES string of the molecule is C[C@@H](NC(=O)c1c(N)nn2cccnc12)c1cc2cccc(C#Cc3cnn(CS(N)(=O)=O)c3)c2c(=O)n1-c1ccccc1. The van der Waals surface area contributed by atoms with E-state index in [-0.39, 0.29) is 16.9 Å². The molecule has 0 saturated carbocycles. The number of primary sulfonamides is 1. The third-order valence-corrected chi connectivity index (χ3v) is 7.44. The van der Waals surface area contributed by atoms with Crippen molar-refractivity contribution in [2.45, 2.75) is 18.8 Å². The Morgan fingerprint density at radius 3 is 2.66 bits per heavy atom. The molecule has 0 bridgehead atoms. The Bertz CT molecular complexity index is 2300. The average Bonchev–Trinajstić information content (AvgIpc) is 3.57. The van der Waals surface area contributed by atoms with Crippen molar-refractivity contribution in [1.82, 2.24) is 34.3 Å². The first-order valence-electron chi connectivity index (χ1n) is 13.3. The summed E-state index contributed by atoms with van der Waals surface area (Å²) in [6.07, 6.45) is 6.07. The Kier molecular flexibility index (Phi) is 7.17. The number of sulfonamides is 1. The number of nitrogen functional groups attached to an aromatic ring is 1. The predicted octanol–water partition coefficient (Wildman–Crippen LogP) is 1.95. The van der Waals surface area contributed by atoms with Gasteiger partial charge in [-0.25, -0.2) is 23.1 Å². The van der Waals surface area contributed by atoms with E-state index in [1.807, 2.05) is 24.3 Å². The van der Waals surface area contributed by atoms with Crippen molar-refractivity contribution >= 4 is 38.2 Å². The van der Waals surface area contributed by atoms with Crippen LogP contribution in [0.25, 0.3) is 22.1 Å². The molecule has 0 radical (unpaired) electrons. The van der Waals surface area contributed by atoms with E-state index in [1.54, 1.807) is 60.3 Å². The highest BCUT2D eigenvalue weighted by Gasteiger charge is 2.24. The van der Waals surface area contributed by atoms with Crippen molar-refractivity contribution in [2.75, 3.05) is 5.73 Å². The van der Waals surface area contributed by atoms with Crippen LogP contribution in [0.15, 0.2) is 90.2 Å². The average molecular weight is 608 g/mol. The number of rotatable bonds is 6. The molecular formula is C30H25N9O4S. The van der Waals surface area contributed by atoms with Gasteiger partial charge in [0.2, 0.25) is 10.0 Å². The number of fused-ring (bicyclic) bond motifs is 2. The van der Waals surface area contributed by atoms with Crippen LogP contribution in [0.1, 0.15) is 40.1 Å². The molecule has 6 rings (SSSR count). The smallest absolute Gasteiger partial charge is 0.264 e. The Morgan fingerprint density at radius 2 is 1.89 bits per heavy atom. The zero-order valence-electron chi connectivity index (χ0n) is 23.2. The fraction of sp³-hybridized carbons (Fsp3) is 0.100. The highest BCUT2D eigenvalue weighted by molar-refractivity contribution is 7.88. The van der Waals surface area contributed by atoms with Crippen molar-refractivity contribution in [1.29, 1.82) is 0 Å². The number of benzene rings is 2. The van der Waals surface area contributed by atoms with Crippen molar-refractivity contribution in [2.24, 2.45) is 5.14 Å². The van der Waals surface area contributed by atoms with Gasteiger partial charge in [-0.15, -0.1) is 5.10 Å². The lowest BCUT2D eigenvalue weighted by atomic mass is 10.0. The molecule has 0 unspecified atom stereocenters. The van der Waals surface area contributed by atoms with Crippen LogP contribution in [0.3, 0.4) is 0 Å². The molecule has 5 N–H and O–H groups in total. The number of nitrogens with two attached hydrogens (primary N) is 2. The summed E-state index contributed by atoms with van der Waals surface area (Å²) in [6, 6.07) is 17.2. The van der Waals surface area contributed by atoms with Gasteiger partial charge in [-0.1, -0.05) is 42.2 Å². The first kappa shape index (κ1) is 28.3. The maximum absolute atomic E-state index is 14.2. The van der Waals surface area contributed by atoms with Gasteiger partial charge in [0, 0.05) is 35.5 Å². The number of nitrogens with one attached hydrogen (secondary N) is 1. The summed E-state index contributed by atoms with van der Waals surface area (Å²) < 4.78 is 26.9. The number of carbonyl (C=O) groups excluding carboxylic acids is 1. The fourth-order valence-electron chi connectivity index (χ4n) is 4.94. The van der Waals surface area contributed by atoms with E-state index < -0.39 is 27.8 Å². The quantitative estimate of drug-likeness (QED) is 0.240. The van der Waals surface area contributed by atoms with E-state index in [0.717, 1.165) is 0 Å². The van der Waals surface area contributed by atoms with Gasteiger partial charge in [-0.2, -0.15) is 5.10 Å². The van der Waals surface area contributed by atoms with Crippen LogP contribution >= 0.6 is 0 Å². The number of para-hydroxylation sites is 1. The van der Waals surface area contributed by atoms with Crippen LogP contribution in [0.5, 0.6) is 0 Å². The second-order valence-electron chi connectivity index (χ2n) is 9.97. The molecule has 4 aromatic heterocycles. The first-order valence-corrected chi connectivity index (χ1v) is 15.0. The summed E-state index contributed by atoms with van der Waals surface area (Å²) in [4.78, 5) is 31.9. The van der Waals surface area contributed by atoms with Crippen LogP contribution in [-0.4, -0.2) is 43.3 Å². The minimum atomic E-state index is -3.77. The third kappa shape index (κ3) is 5.52. The standard InChI is InChI=1S/C30H25N9O4S/c1-19(35-29(40)26-27(31)36-38-14-6-13-33-28(26)38)24-15-22-8-5-7-21(12-11-20-16-34-37(17-20)18-44(32,42)43)25(22)30(41)39(24)23-9-3-2-4-10-23/h2-10,13-17,19H,18H2,1H3,(H2,31,36)(H,35,40)(H2,32,42,43)/t19-/m1/s1. The molecule has 0 fully saturated rings. The Morgan fingerprint density at radius 1 is 1.09 bits per heavy atom. The minimum Gasteiger partial charge on any atom is -0.381 e. The molecular weight excluding hydrogens is 582 g/mol. The molecule has 0 aliphatic rings. The number of hydrogen-bond donors (Lipinski definition) is 3. The number of anilines is 1. The molecule has 2 aromatic carbocycles. The molecule has 4 heterocycles. The lowest BCUT2D eigenvalue weighted by molar-refractivity contribution is 0.0941. The minimum absolute atomic E-state index is 0.0331. The van der Waals surface area contributed by atoms with Crippen LogP contribution in [-0.2, 0) is 15.9 Å². The van der Waals surface area contributed by atoms with Gasteiger partial charge in [0.1, 0.15) is 5.56 Å². The number of nitrogens with zero attached hydrogens (tertiary/aromatic N) is 6. The number of carbonyl (C=O) groups is 1. The number of pyridine rings is 1. The van der Waals surface area contributed by atoms with Gasteiger partial charge in [0.05, 0.1) is 23.2 Å². The number of aromatic nitrogens is 6. The number of amides is 1. The molecule has 0 aliphatic carbocycles. The fourth-order valence-corrected chi connectivity index (χ4v) is 5.45. The summed E-state index contributed by atoms with van der Waals surface area (Å²) in [5, 5.41) is 17.2. The predicted molar refractivity (Wildman–Crippen MR) is 164 cm³/mol. The van der Waals surface area contributed by atoms with Gasteiger partial charge in [0.25, 0.3) is 11.5 Å². The summed E-state index contributed by atoms with van der Waals surface area (Å²) in [7, 11) is -3.77. The lowest BCUT2D eigenvalue weighted by Gasteiger charge is -2.21. The molecule has 14 heteroatoms. The van der Waals surface area contributed by atoms with Crippen molar-refractivity contribution in [3.8, 4) is 17.5 Å². The Balaban J connectivity index is 1.43. The van der Waals surface area contributed by atoms with Gasteiger partial charge < -0.3 is 11.1 Å². The highest BCUT2D eigenvalue weighted by atomic mass is 32.2. The lowest BCUT2D eigenvalue weighted by Crippen LogP contribution is -2.32. The summed E-state index contributed by atoms with van der Waals surface area (Å²) in [6.45, 7) is 1.77. The normalized spacial score (nSPS) is 12.1. The van der Waals surface area contributed by atoms with E-state index in [4.69, 9.17) is 10.9 Å². The Hall–Kier alpha value is -5.78. The van der Waals surface area contributed by atoms with E-state index in [1.165, 1.54) is 21.6 Å². The summed E-state index contributed by atoms with van der Waals surface area (Å²) >= 11 is 0. The monoisotopic (exact) mass is 607 g/mol. The molecule has 0 saturated heterocycles. The molecule has 1 atom stereocenters. The second kappa shape index (κ2) is 11.1. The summed E-state index contributed by atoms with van der Waals surface area (Å²) in [5.74, 6) is 5.03. The van der Waals surface area contributed by atoms with E-state index in [2.05, 4.69) is 32.3 Å². The maximum Gasteiger partial charge on any atom is 0.264 e. The topological polar surface area (TPSA) is 185 Å². The second-order valence-corrected chi connectivity index (χ2v) is 11.6. The maximum atomic E-state index is 14.2. The molecule has 44 heavy (non-hydrogen) atoms. The molecule has 0 spiro atoms. The van der Waals surface area contributed by atoms with Gasteiger partial charge in [-0.05, 0) is 42.6 Å². The molecule has 13 nitrogen and oxygen atoms in total. The zero-order valence-corrected chi connectivity index (χ0v) is 24.1. The van der Waals surface area contributed by atoms with Crippen molar-refractivity contribution < 1.29 is 13.2 Å². The number of hydrogen-bond acceptors (Lipinski definition) is 8. The zero-order chi connectivity index (χ0) is 31.0. The van der Waals surface area contributed by atoms with Gasteiger partial charge in [-0.3, -0.25) is 18.8 Å².